The molecule has 0 aliphatic carbocycles. The van der Waals surface area contributed by atoms with Crippen molar-refractivity contribution in [2.75, 3.05) is 7.05 Å². The summed E-state index contributed by atoms with van der Waals surface area (Å²) in [6.07, 6.45) is 0. The summed E-state index contributed by atoms with van der Waals surface area (Å²) in [5.41, 5.74) is 2.55. The van der Waals surface area contributed by atoms with Crippen LogP contribution in [-0.4, -0.2) is 29.9 Å². The maximum Gasteiger partial charge on any atom is 0.245 e. The minimum Gasteiger partial charge on any atom is -0.391 e. The molecule has 2 heterocycles. The molecule has 5 nitrogen and oxygen atoms in total. The van der Waals surface area contributed by atoms with E-state index < -0.39 is 10.0 Å². The number of hydrogen-bond donors (Lipinski definition) is 1. The average molecular weight is 397 g/mol. The van der Waals surface area contributed by atoms with Gasteiger partial charge in [-0.2, -0.15) is 4.31 Å². The molecule has 0 atom stereocenters. The second kappa shape index (κ2) is 6.20. The molecular weight excluding hydrogens is 384 g/mol. The third-order valence-electron chi connectivity index (χ3n) is 2.76. The molecule has 0 amide bonds. The molecule has 0 spiro atoms. The summed E-state index contributed by atoms with van der Waals surface area (Å²) in [6, 6.07) is 1.50. The highest BCUT2D eigenvalue weighted by molar-refractivity contribution is 9.11. The highest BCUT2D eigenvalue weighted by Gasteiger charge is 2.26. The van der Waals surface area contributed by atoms with Gasteiger partial charge < -0.3 is 5.11 Å². The van der Waals surface area contributed by atoms with E-state index in [-0.39, 0.29) is 18.0 Å². The molecule has 0 aliphatic rings. The molecular formula is C11H13BrN2O3S3. The monoisotopic (exact) mass is 396 g/mol. The Balaban J connectivity index is 2.29. The van der Waals surface area contributed by atoms with Crippen LogP contribution in [0.25, 0.3) is 0 Å². The van der Waals surface area contributed by atoms with Crippen molar-refractivity contribution in [3.8, 4) is 0 Å². The lowest BCUT2D eigenvalue weighted by atomic mass is 10.4. The smallest absolute Gasteiger partial charge is 0.245 e. The number of aliphatic hydroxyl groups excluding tert-OH is 1. The number of hydrogen-bond acceptors (Lipinski definition) is 6. The first kappa shape index (κ1) is 16.1. The van der Waals surface area contributed by atoms with Crippen LogP contribution in [-0.2, 0) is 23.2 Å². The van der Waals surface area contributed by atoms with Crippen molar-refractivity contribution in [2.45, 2.75) is 25.0 Å². The predicted octanol–water partition coefficient (Wildman–Crippen LogP) is 2.59. The third kappa shape index (κ3) is 3.12. The second-order valence-corrected chi connectivity index (χ2v) is 9.54. The zero-order valence-corrected chi connectivity index (χ0v) is 14.9. The minimum atomic E-state index is -3.59. The number of thiophene rings is 1. The number of aryl methyl sites for hydroxylation is 1. The molecule has 0 unspecified atom stereocenters. The molecule has 0 fully saturated rings. The topological polar surface area (TPSA) is 70.5 Å². The molecule has 0 saturated heterocycles. The summed E-state index contributed by atoms with van der Waals surface area (Å²) < 4.78 is 26.9. The van der Waals surface area contributed by atoms with Gasteiger partial charge in [0.1, 0.15) is 4.90 Å². The lowest BCUT2D eigenvalue weighted by Gasteiger charge is -2.16. The minimum absolute atomic E-state index is 0.170. The maximum atomic E-state index is 12.5. The molecule has 0 aliphatic heterocycles. The first-order chi connectivity index (χ1) is 9.36. The van der Waals surface area contributed by atoms with E-state index in [2.05, 4.69) is 20.9 Å². The largest absolute Gasteiger partial charge is 0.391 e. The van der Waals surface area contributed by atoms with Gasteiger partial charge in [-0.15, -0.1) is 22.7 Å². The summed E-state index contributed by atoms with van der Waals surface area (Å²) in [4.78, 5) is 5.84. The number of rotatable bonds is 5. The van der Waals surface area contributed by atoms with Crippen molar-refractivity contribution >= 4 is 48.6 Å². The van der Waals surface area contributed by atoms with E-state index >= 15 is 0 Å². The predicted molar refractivity (Wildman–Crippen MR) is 83.4 cm³/mol. The van der Waals surface area contributed by atoms with E-state index in [1.165, 1.54) is 40.1 Å². The van der Waals surface area contributed by atoms with E-state index in [4.69, 9.17) is 5.11 Å². The van der Waals surface area contributed by atoms with Gasteiger partial charge in [-0.1, -0.05) is 0 Å². The van der Waals surface area contributed by atoms with Gasteiger partial charge in [0, 0.05) is 23.3 Å². The van der Waals surface area contributed by atoms with Crippen molar-refractivity contribution in [2.24, 2.45) is 0 Å². The number of sulfonamides is 1. The average Bonchev–Trinajstić information content (AvgIpc) is 2.96. The first-order valence-electron chi connectivity index (χ1n) is 5.60. The van der Waals surface area contributed by atoms with Crippen LogP contribution in [0, 0.1) is 6.92 Å². The van der Waals surface area contributed by atoms with E-state index in [1.807, 2.05) is 6.92 Å². The van der Waals surface area contributed by atoms with E-state index in [0.29, 0.717) is 8.66 Å². The molecule has 0 bridgehead atoms. The van der Waals surface area contributed by atoms with E-state index in [0.717, 1.165) is 10.6 Å². The highest BCUT2D eigenvalue weighted by atomic mass is 79.9. The third-order valence-corrected chi connectivity index (χ3v) is 7.72. The molecule has 1 N–H and O–H groups in total. The van der Waals surface area contributed by atoms with Crippen LogP contribution >= 0.6 is 38.6 Å². The Hall–Kier alpha value is -0.320. The van der Waals surface area contributed by atoms with Crippen molar-refractivity contribution in [1.82, 2.24) is 9.29 Å². The number of nitrogens with zero attached hydrogens (tertiary/aromatic N) is 2. The Morgan fingerprint density at radius 3 is 2.70 bits per heavy atom. The lowest BCUT2D eigenvalue weighted by molar-refractivity contribution is 0.285. The van der Waals surface area contributed by atoms with Gasteiger partial charge in [-0.25, -0.2) is 13.4 Å². The van der Waals surface area contributed by atoms with Crippen LogP contribution in [0.3, 0.4) is 0 Å². The van der Waals surface area contributed by atoms with Gasteiger partial charge in [-0.05, 0) is 28.9 Å². The number of halogens is 1. The van der Waals surface area contributed by atoms with Gasteiger partial charge in [0.2, 0.25) is 10.0 Å². The van der Waals surface area contributed by atoms with Gasteiger partial charge in [-0.3, -0.25) is 0 Å². The zero-order chi connectivity index (χ0) is 14.9. The SMILES string of the molecule is Cc1ncsc1CN(C)S(=O)(=O)c1cc(CO)sc1Br. The van der Waals surface area contributed by atoms with Gasteiger partial charge in [0.15, 0.2) is 0 Å². The normalized spacial score (nSPS) is 12.2. The first-order valence-corrected chi connectivity index (χ1v) is 9.53. The summed E-state index contributed by atoms with van der Waals surface area (Å²) in [7, 11) is -2.05. The van der Waals surface area contributed by atoms with Crippen LogP contribution in [0.4, 0.5) is 0 Å². The molecule has 110 valence electrons. The number of aromatic nitrogens is 1. The molecule has 0 radical (unpaired) electrons. The fraction of sp³-hybridized carbons (Fsp3) is 0.364. The van der Waals surface area contributed by atoms with Gasteiger partial charge in [0.05, 0.1) is 21.6 Å². The summed E-state index contributed by atoms with van der Waals surface area (Å²) in [6.45, 7) is 1.97. The van der Waals surface area contributed by atoms with Crippen LogP contribution in [0.2, 0.25) is 0 Å². The molecule has 2 aromatic heterocycles. The van der Waals surface area contributed by atoms with Gasteiger partial charge in [0.25, 0.3) is 0 Å². The van der Waals surface area contributed by atoms with Crippen LogP contribution < -0.4 is 0 Å². The quantitative estimate of drug-likeness (QED) is 0.842. The highest BCUT2D eigenvalue weighted by Crippen LogP contribution is 2.33. The standard InChI is InChI=1S/C11H13BrN2O3S3/c1-7-9(18-6-13-7)4-14(2)20(16,17)10-3-8(5-15)19-11(10)12/h3,6,15H,4-5H2,1-2H3. The Bertz CT molecular complexity index is 708. The van der Waals surface area contributed by atoms with Gasteiger partial charge >= 0.3 is 0 Å². The Morgan fingerprint density at radius 1 is 1.50 bits per heavy atom. The Labute approximate surface area is 134 Å². The molecule has 9 heteroatoms. The zero-order valence-electron chi connectivity index (χ0n) is 10.8. The Morgan fingerprint density at radius 2 is 2.20 bits per heavy atom. The fourth-order valence-corrected chi connectivity index (χ4v) is 6.12. The summed E-state index contributed by atoms with van der Waals surface area (Å²) in [5, 5.41) is 9.10. The van der Waals surface area contributed by atoms with Crippen LogP contribution in [0.5, 0.6) is 0 Å². The lowest BCUT2D eigenvalue weighted by Crippen LogP contribution is -2.26. The molecule has 20 heavy (non-hydrogen) atoms. The van der Waals surface area contributed by atoms with Crippen LogP contribution in [0.1, 0.15) is 15.4 Å². The van der Waals surface area contributed by atoms with E-state index in [9.17, 15) is 8.42 Å². The summed E-state index contributed by atoms with van der Waals surface area (Å²) >= 11 is 5.90. The van der Waals surface area contributed by atoms with E-state index in [1.54, 1.807) is 5.51 Å². The van der Waals surface area contributed by atoms with Crippen molar-refractivity contribution in [3.05, 3.63) is 30.8 Å². The molecule has 2 aromatic rings. The molecule has 2 rings (SSSR count). The number of thiazole rings is 1. The Kier molecular flexibility index (Phi) is 4.98. The fourth-order valence-electron chi connectivity index (χ4n) is 1.58. The van der Waals surface area contributed by atoms with Crippen LogP contribution in [0.15, 0.2) is 20.3 Å². The second-order valence-electron chi connectivity index (χ2n) is 4.13. The molecule has 0 saturated carbocycles. The number of aliphatic hydroxyl groups is 1. The van der Waals surface area contributed by atoms with Crippen molar-refractivity contribution in [3.63, 3.8) is 0 Å². The van der Waals surface area contributed by atoms with Crippen molar-refractivity contribution < 1.29 is 13.5 Å². The molecule has 0 aromatic carbocycles. The maximum absolute atomic E-state index is 12.5. The van der Waals surface area contributed by atoms with Crippen molar-refractivity contribution in [1.29, 1.82) is 0 Å². The summed E-state index contributed by atoms with van der Waals surface area (Å²) in [5.74, 6) is 0.